The lowest BCUT2D eigenvalue weighted by atomic mass is 10.2. The molecule has 0 bridgehead atoms. The second-order valence-corrected chi connectivity index (χ2v) is 4.28. The summed E-state index contributed by atoms with van der Waals surface area (Å²) in [5.41, 5.74) is 2.54. The smallest absolute Gasteiger partial charge is 0.138 e. The molecule has 0 saturated heterocycles. The Morgan fingerprint density at radius 1 is 1.28 bits per heavy atom. The molecule has 1 atom stereocenters. The van der Waals surface area contributed by atoms with Crippen molar-refractivity contribution in [3.8, 4) is 5.75 Å². The summed E-state index contributed by atoms with van der Waals surface area (Å²) in [6.07, 6.45) is 1.77. The van der Waals surface area contributed by atoms with E-state index in [0.717, 1.165) is 11.4 Å². The summed E-state index contributed by atoms with van der Waals surface area (Å²) in [5, 5.41) is 13.0. The number of nitrogens with one attached hydrogen (secondary N) is 1. The zero-order valence-corrected chi connectivity index (χ0v) is 10.6. The lowest BCUT2D eigenvalue weighted by Crippen LogP contribution is -2.19. The van der Waals surface area contributed by atoms with Crippen LogP contribution in [0.4, 0.5) is 0 Å². The predicted molar refractivity (Wildman–Crippen MR) is 70.1 cm³/mol. The van der Waals surface area contributed by atoms with Gasteiger partial charge in [0.1, 0.15) is 5.75 Å². The number of nitrogens with zero attached hydrogens (tertiary/aromatic N) is 2. The van der Waals surface area contributed by atoms with Crippen LogP contribution in [-0.2, 0) is 6.54 Å². The highest BCUT2D eigenvalue weighted by Crippen LogP contribution is 2.16. The number of aromatic nitrogens is 2. The second-order valence-electron chi connectivity index (χ2n) is 4.28. The highest BCUT2D eigenvalue weighted by molar-refractivity contribution is 5.27. The molecule has 0 aliphatic carbocycles. The van der Waals surface area contributed by atoms with E-state index in [-0.39, 0.29) is 11.8 Å². The molecule has 0 aliphatic rings. The van der Waals surface area contributed by atoms with E-state index in [1.165, 1.54) is 0 Å². The first-order valence-corrected chi connectivity index (χ1v) is 5.96. The lowest BCUT2D eigenvalue weighted by molar-refractivity contribution is 0.453. The first-order valence-electron chi connectivity index (χ1n) is 5.96. The zero-order chi connectivity index (χ0) is 13.0. The van der Waals surface area contributed by atoms with Crippen molar-refractivity contribution in [3.63, 3.8) is 0 Å². The molecule has 2 rings (SSSR count). The average Bonchev–Trinajstić information content (AvgIpc) is 2.40. The van der Waals surface area contributed by atoms with Crippen LogP contribution >= 0.6 is 0 Å². The number of hydrogen-bond acceptors (Lipinski definition) is 4. The Morgan fingerprint density at radius 3 is 2.83 bits per heavy atom. The van der Waals surface area contributed by atoms with Crippen molar-refractivity contribution in [3.05, 3.63) is 53.6 Å². The van der Waals surface area contributed by atoms with Crippen LogP contribution in [-0.4, -0.2) is 15.1 Å². The van der Waals surface area contributed by atoms with Crippen molar-refractivity contribution in [2.75, 3.05) is 0 Å². The number of aromatic hydroxyl groups is 1. The fraction of sp³-hybridized carbons (Fsp3) is 0.286. The molecular weight excluding hydrogens is 226 g/mol. The van der Waals surface area contributed by atoms with Gasteiger partial charge < -0.3 is 10.4 Å². The molecule has 18 heavy (non-hydrogen) atoms. The third-order valence-electron chi connectivity index (χ3n) is 2.80. The molecule has 2 aromatic heterocycles. The first kappa shape index (κ1) is 12.5. The Hall–Kier alpha value is -1.94. The summed E-state index contributed by atoms with van der Waals surface area (Å²) in [6, 6.07) is 9.41. The third kappa shape index (κ3) is 3.05. The largest absolute Gasteiger partial charge is 0.506 e. The molecule has 0 saturated carbocycles. The van der Waals surface area contributed by atoms with Crippen molar-refractivity contribution in [1.82, 2.24) is 15.3 Å². The summed E-state index contributed by atoms with van der Waals surface area (Å²) < 4.78 is 0. The van der Waals surface area contributed by atoms with Gasteiger partial charge in [-0.25, -0.2) is 0 Å². The fourth-order valence-electron chi connectivity index (χ4n) is 1.72. The standard InChI is InChI=1S/C14H17N3O/c1-10-6-7-14(18)13(17-10)9-16-11(2)12-5-3-4-8-15-12/h3-8,11,16,18H,9H2,1-2H3. The molecule has 0 aromatic carbocycles. The molecule has 1 unspecified atom stereocenters. The minimum Gasteiger partial charge on any atom is -0.506 e. The molecule has 0 amide bonds. The summed E-state index contributed by atoms with van der Waals surface area (Å²) >= 11 is 0. The molecule has 0 spiro atoms. The average molecular weight is 243 g/mol. The first-order chi connectivity index (χ1) is 8.66. The Bertz CT molecular complexity index is 514. The van der Waals surface area contributed by atoms with E-state index in [1.807, 2.05) is 32.0 Å². The maximum atomic E-state index is 9.70. The molecule has 2 N–H and O–H groups in total. The van der Waals surface area contributed by atoms with Gasteiger partial charge in [-0.05, 0) is 38.1 Å². The van der Waals surface area contributed by atoms with Crippen molar-refractivity contribution in [2.24, 2.45) is 0 Å². The van der Waals surface area contributed by atoms with Crippen molar-refractivity contribution in [2.45, 2.75) is 26.4 Å². The fourth-order valence-corrected chi connectivity index (χ4v) is 1.72. The number of aryl methyl sites for hydroxylation is 1. The topological polar surface area (TPSA) is 58.0 Å². The molecule has 2 heterocycles. The van der Waals surface area contributed by atoms with Gasteiger partial charge in [0.25, 0.3) is 0 Å². The van der Waals surface area contributed by atoms with Crippen molar-refractivity contribution in [1.29, 1.82) is 0 Å². The number of hydrogen-bond donors (Lipinski definition) is 2. The van der Waals surface area contributed by atoms with Gasteiger partial charge >= 0.3 is 0 Å². The van der Waals surface area contributed by atoms with E-state index in [2.05, 4.69) is 15.3 Å². The summed E-state index contributed by atoms with van der Waals surface area (Å²) in [6.45, 7) is 4.46. The van der Waals surface area contributed by atoms with Crippen LogP contribution in [0.3, 0.4) is 0 Å². The van der Waals surface area contributed by atoms with E-state index in [1.54, 1.807) is 18.3 Å². The van der Waals surface area contributed by atoms with Gasteiger partial charge in [-0.15, -0.1) is 0 Å². The molecule has 0 fully saturated rings. The third-order valence-corrected chi connectivity index (χ3v) is 2.80. The van der Waals surface area contributed by atoms with Crippen LogP contribution in [0.2, 0.25) is 0 Å². The van der Waals surface area contributed by atoms with E-state index in [4.69, 9.17) is 0 Å². The lowest BCUT2D eigenvalue weighted by Gasteiger charge is -2.13. The summed E-state index contributed by atoms with van der Waals surface area (Å²) in [7, 11) is 0. The molecule has 4 heteroatoms. The monoisotopic (exact) mass is 243 g/mol. The Kier molecular flexibility index (Phi) is 3.89. The SMILES string of the molecule is Cc1ccc(O)c(CNC(C)c2ccccn2)n1. The van der Waals surface area contributed by atoms with Crippen LogP contribution in [0, 0.1) is 6.92 Å². The predicted octanol–water partition coefficient (Wildman–Crippen LogP) is 2.34. The van der Waals surface area contributed by atoms with Gasteiger partial charge in [-0.3, -0.25) is 9.97 Å². The number of pyridine rings is 2. The quantitative estimate of drug-likeness (QED) is 0.865. The van der Waals surface area contributed by atoms with Gasteiger partial charge in [0.05, 0.1) is 11.4 Å². The van der Waals surface area contributed by atoms with Crippen LogP contribution in [0.5, 0.6) is 5.75 Å². The van der Waals surface area contributed by atoms with E-state index < -0.39 is 0 Å². The highest BCUT2D eigenvalue weighted by Gasteiger charge is 2.08. The van der Waals surface area contributed by atoms with Crippen molar-refractivity contribution < 1.29 is 5.11 Å². The summed E-state index contributed by atoms with van der Waals surface area (Å²) in [5.74, 6) is 0.223. The van der Waals surface area contributed by atoms with E-state index in [9.17, 15) is 5.11 Å². The molecular formula is C14H17N3O. The van der Waals surface area contributed by atoms with Gasteiger partial charge in [0.15, 0.2) is 0 Å². The van der Waals surface area contributed by atoms with Gasteiger partial charge in [-0.1, -0.05) is 6.07 Å². The van der Waals surface area contributed by atoms with Crippen LogP contribution < -0.4 is 5.32 Å². The molecule has 4 nitrogen and oxygen atoms in total. The minimum absolute atomic E-state index is 0.118. The van der Waals surface area contributed by atoms with Gasteiger partial charge in [0.2, 0.25) is 0 Å². The molecule has 2 aromatic rings. The molecule has 94 valence electrons. The van der Waals surface area contributed by atoms with Crippen LogP contribution in [0.15, 0.2) is 36.5 Å². The molecule has 0 aliphatic heterocycles. The number of rotatable bonds is 4. The maximum absolute atomic E-state index is 9.70. The summed E-state index contributed by atoms with van der Waals surface area (Å²) in [4.78, 5) is 8.59. The van der Waals surface area contributed by atoms with E-state index >= 15 is 0 Å². The second kappa shape index (κ2) is 5.60. The Balaban J connectivity index is 2.01. The van der Waals surface area contributed by atoms with Crippen LogP contribution in [0.1, 0.15) is 30.0 Å². The normalized spacial score (nSPS) is 12.3. The highest BCUT2D eigenvalue weighted by atomic mass is 16.3. The zero-order valence-electron chi connectivity index (χ0n) is 10.6. The Labute approximate surface area is 107 Å². The van der Waals surface area contributed by atoms with Crippen molar-refractivity contribution >= 4 is 0 Å². The maximum Gasteiger partial charge on any atom is 0.138 e. The van der Waals surface area contributed by atoms with E-state index in [0.29, 0.717) is 12.2 Å². The minimum atomic E-state index is 0.118. The van der Waals surface area contributed by atoms with Crippen LogP contribution in [0.25, 0.3) is 0 Å². The van der Waals surface area contributed by atoms with Gasteiger partial charge in [0, 0.05) is 24.5 Å². The molecule has 0 radical (unpaired) electrons. The van der Waals surface area contributed by atoms with Gasteiger partial charge in [-0.2, -0.15) is 0 Å². The Morgan fingerprint density at radius 2 is 2.11 bits per heavy atom.